The van der Waals surface area contributed by atoms with Gasteiger partial charge in [-0.15, -0.1) is 0 Å². The van der Waals surface area contributed by atoms with E-state index in [-0.39, 0.29) is 12.1 Å². The summed E-state index contributed by atoms with van der Waals surface area (Å²) < 4.78 is 0. The molecule has 2 aliphatic heterocycles. The maximum atomic E-state index is 12.7. The van der Waals surface area contributed by atoms with E-state index in [1.807, 2.05) is 12.3 Å². The minimum Gasteiger partial charge on any atom is -0.363 e. The van der Waals surface area contributed by atoms with Crippen molar-refractivity contribution in [3.05, 3.63) is 24.0 Å². The second-order valence-electron chi connectivity index (χ2n) is 5.67. The fourth-order valence-corrected chi connectivity index (χ4v) is 3.34. The SMILES string of the molecule is O=C(C1CCCCCN1)N1CCCC1c1ccc[nH]1. The third-order valence-corrected chi connectivity index (χ3v) is 4.38. The molecule has 19 heavy (non-hydrogen) atoms. The Kier molecular flexibility index (Phi) is 3.87. The van der Waals surface area contributed by atoms with Gasteiger partial charge in [0, 0.05) is 18.4 Å². The first-order chi connectivity index (χ1) is 9.36. The van der Waals surface area contributed by atoms with Crippen molar-refractivity contribution in [2.75, 3.05) is 13.1 Å². The lowest BCUT2D eigenvalue weighted by Crippen LogP contribution is -2.45. The van der Waals surface area contributed by atoms with E-state index in [4.69, 9.17) is 0 Å². The van der Waals surface area contributed by atoms with Gasteiger partial charge in [-0.05, 0) is 44.4 Å². The fourth-order valence-electron chi connectivity index (χ4n) is 3.34. The second-order valence-corrected chi connectivity index (χ2v) is 5.67. The largest absolute Gasteiger partial charge is 0.363 e. The number of nitrogens with one attached hydrogen (secondary N) is 2. The predicted octanol–water partition coefficient (Wildman–Crippen LogP) is 2.21. The van der Waals surface area contributed by atoms with Crippen molar-refractivity contribution < 1.29 is 4.79 Å². The van der Waals surface area contributed by atoms with Crippen LogP contribution in [-0.2, 0) is 4.79 Å². The molecule has 3 rings (SSSR count). The van der Waals surface area contributed by atoms with Crippen molar-refractivity contribution in [2.45, 2.75) is 50.6 Å². The van der Waals surface area contributed by atoms with Gasteiger partial charge in [-0.1, -0.05) is 12.8 Å². The van der Waals surface area contributed by atoms with Crippen molar-refractivity contribution in [1.29, 1.82) is 0 Å². The molecule has 0 aliphatic carbocycles. The van der Waals surface area contributed by atoms with Crippen LogP contribution in [0.25, 0.3) is 0 Å². The quantitative estimate of drug-likeness (QED) is 0.857. The normalized spacial score (nSPS) is 28.3. The van der Waals surface area contributed by atoms with Crippen LogP contribution in [0.5, 0.6) is 0 Å². The molecule has 1 aromatic rings. The standard InChI is InChI=1S/C15H23N3O/c19-15(13-6-2-1-3-9-17-13)18-11-5-8-14(18)12-7-4-10-16-12/h4,7,10,13-14,16-17H,1-3,5-6,8-9,11H2. The number of nitrogens with zero attached hydrogens (tertiary/aromatic N) is 1. The van der Waals surface area contributed by atoms with Crippen molar-refractivity contribution >= 4 is 5.91 Å². The van der Waals surface area contributed by atoms with Gasteiger partial charge in [0.05, 0.1) is 12.1 Å². The minimum atomic E-state index is 0.0399. The average molecular weight is 261 g/mol. The van der Waals surface area contributed by atoms with Crippen molar-refractivity contribution in [3.63, 3.8) is 0 Å². The van der Waals surface area contributed by atoms with E-state index in [0.29, 0.717) is 5.91 Å². The number of H-pyrrole nitrogens is 1. The highest BCUT2D eigenvalue weighted by molar-refractivity contribution is 5.82. The Bertz CT molecular complexity index is 407. The highest BCUT2D eigenvalue weighted by Gasteiger charge is 2.34. The van der Waals surface area contributed by atoms with E-state index in [1.165, 1.54) is 25.0 Å². The Balaban J connectivity index is 1.71. The van der Waals surface area contributed by atoms with Gasteiger partial charge in [0.25, 0.3) is 0 Å². The molecule has 0 radical (unpaired) electrons. The Morgan fingerprint density at radius 1 is 1.21 bits per heavy atom. The molecule has 1 aromatic heterocycles. The Morgan fingerprint density at radius 3 is 3.00 bits per heavy atom. The molecule has 2 unspecified atom stereocenters. The van der Waals surface area contributed by atoms with Gasteiger partial charge < -0.3 is 15.2 Å². The zero-order valence-corrected chi connectivity index (χ0v) is 11.4. The number of aromatic amines is 1. The third-order valence-electron chi connectivity index (χ3n) is 4.38. The highest BCUT2D eigenvalue weighted by atomic mass is 16.2. The van der Waals surface area contributed by atoms with E-state index in [0.717, 1.165) is 32.4 Å². The summed E-state index contributed by atoms with van der Waals surface area (Å²) in [6, 6.07) is 4.40. The van der Waals surface area contributed by atoms with Crippen LogP contribution in [0, 0.1) is 0 Å². The first-order valence-electron chi connectivity index (χ1n) is 7.53. The molecule has 104 valence electrons. The maximum Gasteiger partial charge on any atom is 0.240 e. The average Bonchev–Trinajstić information content (AvgIpc) is 3.03. The van der Waals surface area contributed by atoms with Crippen LogP contribution in [0.1, 0.15) is 50.3 Å². The van der Waals surface area contributed by atoms with E-state index in [1.54, 1.807) is 0 Å². The van der Waals surface area contributed by atoms with E-state index < -0.39 is 0 Å². The smallest absolute Gasteiger partial charge is 0.240 e. The number of carbonyl (C=O) groups excluding carboxylic acids is 1. The maximum absolute atomic E-state index is 12.7. The fraction of sp³-hybridized carbons (Fsp3) is 0.667. The van der Waals surface area contributed by atoms with Crippen molar-refractivity contribution in [2.24, 2.45) is 0 Å². The summed E-state index contributed by atoms with van der Waals surface area (Å²) in [6.07, 6.45) is 8.75. The van der Waals surface area contributed by atoms with Crippen molar-refractivity contribution in [3.8, 4) is 0 Å². The van der Waals surface area contributed by atoms with Crippen LogP contribution in [0.3, 0.4) is 0 Å². The topological polar surface area (TPSA) is 48.1 Å². The molecule has 0 aromatic carbocycles. The number of aromatic nitrogens is 1. The van der Waals surface area contributed by atoms with Crippen LogP contribution in [-0.4, -0.2) is 34.9 Å². The zero-order valence-electron chi connectivity index (χ0n) is 11.4. The van der Waals surface area contributed by atoms with Gasteiger partial charge in [-0.3, -0.25) is 4.79 Å². The molecule has 2 aliphatic rings. The van der Waals surface area contributed by atoms with Gasteiger partial charge in [0.15, 0.2) is 0 Å². The van der Waals surface area contributed by atoms with Crippen LogP contribution < -0.4 is 5.32 Å². The zero-order chi connectivity index (χ0) is 13.1. The molecule has 2 fully saturated rings. The molecule has 2 N–H and O–H groups in total. The summed E-state index contributed by atoms with van der Waals surface area (Å²) in [5.74, 6) is 0.305. The number of likely N-dealkylation sites (tertiary alicyclic amines) is 1. The van der Waals surface area contributed by atoms with Gasteiger partial charge in [0.2, 0.25) is 5.91 Å². The van der Waals surface area contributed by atoms with Crippen LogP contribution >= 0.6 is 0 Å². The molecule has 0 saturated carbocycles. The minimum absolute atomic E-state index is 0.0399. The molecular formula is C15H23N3O. The molecular weight excluding hydrogens is 238 g/mol. The molecule has 4 heteroatoms. The number of hydrogen-bond donors (Lipinski definition) is 2. The number of amides is 1. The number of carbonyl (C=O) groups is 1. The van der Waals surface area contributed by atoms with Gasteiger partial charge >= 0.3 is 0 Å². The summed E-state index contributed by atoms with van der Waals surface area (Å²) in [5, 5.41) is 3.42. The molecule has 3 heterocycles. The van der Waals surface area contributed by atoms with Crippen molar-refractivity contribution in [1.82, 2.24) is 15.2 Å². The van der Waals surface area contributed by atoms with Crippen LogP contribution in [0.4, 0.5) is 0 Å². The molecule has 4 nitrogen and oxygen atoms in total. The molecule has 0 bridgehead atoms. The van der Waals surface area contributed by atoms with E-state index in [2.05, 4.69) is 21.3 Å². The highest BCUT2D eigenvalue weighted by Crippen LogP contribution is 2.31. The summed E-state index contributed by atoms with van der Waals surface area (Å²) in [5.41, 5.74) is 1.18. The predicted molar refractivity (Wildman–Crippen MR) is 74.7 cm³/mol. The van der Waals surface area contributed by atoms with Gasteiger partial charge in [-0.2, -0.15) is 0 Å². The lowest BCUT2D eigenvalue weighted by Gasteiger charge is -2.28. The second kappa shape index (κ2) is 5.78. The van der Waals surface area contributed by atoms with Crippen LogP contribution in [0.2, 0.25) is 0 Å². The summed E-state index contributed by atoms with van der Waals surface area (Å²) >= 11 is 0. The lowest BCUT2D eigenvalue weighted by atomic mass is 10.1. The lowest BCUT2D eigenvalue weighted by molar-refractivity contribution is -0.134. The monoisotopic (exact) mass is 261 g/mol. The molecule has 0 spiro atoms. The summed E-state index contributed by atoms with van der Waals surface area (Å²) in [7, 11) is 0. The van der Waals surface area contributed by atoms with Crippen LogP contribution in [0.15, 0.2) is 18.3 Å². The third kappa shape index (κ3) is 2.68. The molecule has 2 saturated heterocycles. The molecule has 1 amide bonds. The van der Waals surface area contributed by atoms with E-state index >= 15 is 0 Å². The first-order valence-corrected chi connectivity index (χ1v) is 7.53. The number of hydrogen-bond acceptors (Lipinski definition) is 2. The Morgan fingerprint density at radius 2 is 2.16 bits per heavy atom. The first kappa shape index (κ1) is 12.7. The Hall–Kier alpha value is -1.29. The Labute approximate surface area is 114 Å². The number of rotatable bonds is 2. The summed E-state index contributed by atoms with van der Waals surface area (Å²) in [6.45, 7) is 1.89. The van der Waals surface area contributed by atoms with E-state index in [9.17, 15) is 4.79 Å². The molecule has 2 atom stereocenters. The van der Waals surface area contributed by atoms with Gasteiger partial charge in [-0.25, -0.2) is 0 Å². The summed E-state index contributed by atoms with van der Waals surface area (Å²) in [4.78, 5) is 18.1. The van der Waals surface area contributed by atoms with Gasteiger partial charge in [0.1, 0.15) is 0 Å².